The van der Waals surface area contributed by atoms with Crippen LogP contribution in [0.1, 0.15) is 5.56 Å². The molecule has 3 rings (SSSR count). The number of phenols is 1. The number of hydrogen-bond acceptors (Lipinski definition) is 6. The second-order valence-corrected chi connectivity index (χ2v) is 7.08. The van der Waals surface area contributed by atoms with Crippen LogP contribution >= 0.6 is 27.7 Å². The van der Waals surface area contributed by atoms with Gasteiger partial charge >= 0.3 is 0 Å². The molecule has 0 aliphatic carbocycles. The molecule has 1 aliphatic rings. The van der Waals surface area contributed by atoms with E-state index >= 15 is 0 Å². The second kappa shape index (κ2) is 7.43. The highest BCUT2D eigenvalue weighted by Crippen LogP contribution is 2.41. The zero-order valence-electron chi connectivity index (χ0n) is 13.9. The number of thioether (sulfide) groups is 1. The van der Waals surface area contributed by atoms with Crippen LogP contribution in [0.2, 0.25) is 0 Å². The molecule has 0 unspecified atom stereocenters. The zero-order chi connectivity index (χ0) is 18.8. The maximum Gasteiger partial charge on any atom is 0.298 e. The first-order valence-electron chi connectivity index (χ1n) is 7.43. The third kappa shape index (κ3) is 3.30. The minimum Gasteiger partial charge on any atom is -0.504 e. The van der Waals surface area contributed by atoms with Gasteiger partial charge in [0.2, 0.25) is 0 Å². The largest absolute Gasteiger partial charge is 0.504 e. The van der Waals surface area contributed by atoms with E-state index in [1.807, 2.05) is 0 Å². The lowest BCUT2D eigenvalue weighted by molar-refractivity contribution is -0.113. The number of carbonyl (C=O) groups excluding carboxylic acids is 2. The first-order chi connectivity index (χ1) is 12.5. The molecule has 134 valence electrons. The summed E-state index contributed by atoms with van der Waals surface area (Å²) in [6.45, 7) is 0. The first kappa shape index (κ1) is 18.3. The highest BCUT2D eigenvalue weighted by Gasteiger charge is 2.37. The molecule has 0 saturated carbocycles. The lowest BCUT2D eigenvalue weighted by Crippen LogP contribution is -2.28. The Morgan fingerprint density at radius 1 is 1.12 bits per heavy atom. The van der Waals surface area contributed by atoms with Crippen molar-refractivity contribution in [2.45, 2.75) is 0 Å². The van der Waals surface area contributed by atoms with Crippen LogP contribution in [0.3, 0.4) is 0 Å². The third-order valence-electron chi connectivity index (χ3n) is 3.70. The maximum absolute atomic E-state index is 12.8. The average molecular weight is 436 g/mol. The van der Waals surface area contributed by atoms with E-state index in [0.29, 0.717) is 21.5 Å². The van der Waals surface area contributed by atoms with Gasteiger partial charge in [0.05, 0.1) is 24.8 Å². The lowest BCUT2D eigenvalue weighted by atomic mass is 10.1. The number of carbonyl (C=O) groups is 2. The third-order valence-corrected chi connectivity index (χ3v) is 5.26. The van der Waals surface area contributed by atoms with Crippen molar-refractivity contribution in [3.63, 3.8) is 0 Å². The van der Waals surface area contributed by atoms with Gasteiger partial charge in [0, 0.05) is 4.47 Å². The van der Waals surface area contributed by atoms with E-state index in [0.717, 1.165) is 16.7 Å². The monoisotopic (exact) mass is 435 g/mol. The SMILES string of the molecule is COc1cc(/C=C2\SC(=O)N(c3ccccc3OC)C2=O)c(Br)cc1O. The van der Waals surface area contributed by atoms with Gasteiger partial charge in [-0.25, -0.2) is 4.90 Å². The standard InChI is InChI=1S/C18H14BrNO5S/c1-24-14-6-4-3-5-12(14)20-17(22)16(26-18(20)23)8-10-7-15(25-2)13(21)9-11(10)19/h3-9,21H,1-2H3/b16-8-. The van der Waals surface area contributed by atoms with Crippen molar-refractivity contribution in [1.82, 2.24) is 0 Å². The minimum absolute atomic E-state index is 0.0290. The van der Waals surface area contributed by atoms with Crippen molar-refractivity contribution in [3.8, 4) is 17.2 Å². The van der Waals surface area contributed by atoms with Crippen molar-refractivity contribution < 1.29 is 24.2 Å². The number of methoxy groups -OCH3 is 2. The maximum atomic E-state index is 12.8. The normalized spacial score (nSPS) is 15.7. The summed E-state index contributed by atoms with van der Waals surface area (Å²) < 4.78 is 10.9. The molecule has 0 aromatic heterocycles. The molecule has 0 bridgehead atoms. The number of anilines is 1. The highest BCUT2D eigenvalue weighted by atomic mass is 79.9. The Morgan fingerprint density at radius 3 is 2.50 bits per heavy atom. The van der Waals surface area contributed by atoms with Crippen LogP contribution in [0.5, 0.6) is 17.2 Å². The molecular weight excluding hydrogens is 422 g/mol. The van der Waals surface area contributed by atoms with Crippen molar-refractivity contribution in [2.24, 2.45) is 0 Å². The van der Waals surface area contributed by atoms with Gasteiger partial charge in [-0.3, -0.25) is 9.59 Å². The van der Waals surface area contributed by atoms with Crippen molar-refractivity contribution >= 4 is 50.6 Å². The molecule has 26 heavy (non-hydrogen) atoms. The number of imide groups is 1. The smallest absolute Gasteiger partial charge is 0.298 e. The Labute approximate surface area is 162 Å². The van der Waals surface area contributed by atoms with Gasteiger partial charge < -0.3 is 14.6 Å². The molecule has 8 heteroatoms. The molecule has 2 amide bonds. The van der Waals surface area contributed by atoms with Gasteiger partial charge in [-0.2, -0.15) is 0 Å². The topological polar surface area (TPSA) is 76.1 Å². The van der Waals surface area contributed by atoms with Crippen LogP contribution in [0.4, 0.5) is 10.5 Å². The number of halogens is 1. The molecule has 2 aromatic rings. The Hall–Kier alpha value is -2.45. The zero-order valence-corrected chi connectivity index (χ0v) is 16.3. The van der Waals surface area contributed by atoms with Crippen LogP contribution in [-0.4, -0.2) is 30.5 Å². The summed E-state index contributed by atoms with van der Waals surface area (Å²) >= 11 is 4.17. The number of aromatic hydroxyl groups is 1. The van der Waals surface area contributed by atoms with Crippen LogP contribution in [0.15, 0.2) is 45.8 Å². The number of hydrogen-bond donors (Lipinski definition) is 1. The fourth-order valence-corrected chi connectivity index (χ4v) is 3.73. The fraction of sp³-hybridized carbons (Fsp3) is 0.111. The molecule has 6 nitrogen and oxygen atoms in total. The van der Waals surface area contributed by atoms with Gasteiger partial charge in [-0.05, 0) is 47.7 Å². The summed E-state index contributed by atoms with van der Waals surface area (Å²) in [6, 6.07) is 9.87. The number of rotatable bonds is 4. The van der Waals surface area contributed by atoms with Crippen LogP contribution in [0, 0.1) is 0 Å². The van der Waals surface area contributed by atoms with E-state index in [2.05, 4.69) is 15.9 Å². The van der Waals surface area contributed by atoms with Crippen LogP contribution in [-0.2, 0) is 4.79 Å². The van der Waals surface area contributed by atoms with Crippen molar-refractivity contribution in [3.05, 3.63) is 51.3 Å². The van der Waals surface area contributed by atoms with E-state index in [1.165, 1.54) is 20.3 Å². The van der Waals surface area contributed by atoms with Gasteiger partial charge in [-0.15, -0.1) is 0 Å². The number of ether oxygens (including phenoxy) is 2. The summed E-state index contributed by atoms with van der Waals surface area (Å²) in [7, 11) is 2.91. The fourth-order valence-electron chi connectivity index (χ4n) is 2.46. The number of para-hydroxylation sites is 2. The van der Waals surface area contributed by atoms with Crippen molar-refractivity contribution in [2.75, 3.05) is 19.1 Å². The van der Waals surface area contributed by atoms with Gasteiger partial charge in [-0.1, -0.05) is 28.1 Å². The summed E-state index contributed by atoms with van der Waals surface area (Å²) in [5, 5.41) is 9.39. The molecular formula is C18H14BrNO5S. The molecule has 0 radical (unpaired) electrons. The van der Waals surface area contributed by atoms with E-state index in [-0.39, 0.29) is 16.4 Å². The molecule has 1 heterocycles. The van der Waals surface area contributed by atoms with Crippen LogP contribution < -0.4 is 14.4 Å². The molecule has 1 N–H and O–H groups in total. The predicted octanol–water partition coefficient (Wildman–Crippen LogP) is 4.41. The summed E-state index contributed by atoms with van der Waals surface area (Å²) in [6.07, 6.45) is 1.58. The van der Waals surface area contributed by atoms with Gasteiger partial charge in [0.15, 0.2) is 11.5 Å². The van der Waals surface area contributed by atoms with E-state index in [1.54, 1.807) is 36.4 Å². The quantitative estimate of drug-likeness (QED) is 0.716. The molecule has 1 saturated heterocycles. The van der Waals surface area contributed by atoms with Gasteiger partial charge in [0.25, 0.3) is 11.1 Å². The minimum atomic E-state index is -0.441. The highest BCUT2D eigenvalue weighted by molar-refractivity contribution is 9.10. The van der Waals surface area contributed by atoms with E-state index in [4.69, 9.17) is 9.47 Å². The number of benzene rings is 2. The molecule has 1 fully saturated rings. The summed E-state index contributed by atoms with van der Waals surface area (Å²) in [5.74, 6) is 0.231. The van der Waals surface area contributed by atoms with Gasteiger partial charge in [0.1, 0.15) is 5.75 Å². The average Bonchev–Trinajstić information content (AvgIpc) is 2.90. The van der Waals surface area contributed by atoms with Crippen molar-refractivity contribution in [1.29, 1.82) is 0 Å². The Kier molecular flexibility index (Phi) is 5.24. The Morgan fingerprint density at radius 2 is 1.81 bits per heavy atom. The summed E-state index contributed by atoms with van der Waals surface area (Å²) in [4.78, 5) is 26.5. The first-order valence-corrected chi connectivity index (χ1v) is 9.04. The number of amides is 2. The Bertz CT molecular complexity index is 928. The number of nitrogens with zero attached hydrogens (tertiary/aromatic N) is 1. The molecule has 2 aromatic carbocycles. The number of phenolic OH excluding ortho intramolecular Hbond substituents is 1. The molecule has 1 aliphatic heterocycles. The summed E-state index contributed by atoms with van der Waals surface area (Å²) in [5.41, 5.74) is 0.994. The van der Waals surface area contributed by atoms with Crippen LogP contribution in [0.25, 0.3) is 6.08 Å². The molecule has 0 atom stereocenters. The van der Waals surface area contributed by atoms with E-state index in [9.17, 15) is 14.7 Å². The Balaban J connectivity index is 2.01. The van der Waals surface area contributed by atoms with E-state index < -0.39 is 11.1 Å². The predicted molar refractivity (Wildman–Crippen MR) is 104 cm³/mol. The molecule has 0 spiro atoms. The lowest BCUT2D eigenvalue weighted by Gasteiger charge is -2.15. The second-order valence-electron chi connectivity index (χ2n) is 5.23.